The average molecular weight is 273 g/mol. The summed E-state index contributed by atoms with van der Waals surface area (Å²) in [4.78, 5) is 8.64. The Balaban J connectivity index is 1.55. The number of fused-ring (bicyclic) bond motifs is 1. The van der Waals surface area contributed by atoms with E-state index in [2.05, 4.69) is 20.4 Å². The number of hydrogen-bond donors (Lipinski definition) is 1. The first-order valence-corrected chi connectivity index (χ1v) is 7.37. The highest BCUT2D eigenvalue weighted by Crippen LogP contribution is 2.38. The van der Waals surface area contributed by atoms with Crippen LogP contribution in [0.5, 0.6) is 0 Å². The van der Waals surface area contributed by atoms with Crippen molar-refractivity contribution in [1.29, 1.82) is 0 Å². The van der Waals surface area contributed by atoms with E-state index in [1.807, 2.05) is 11.6 Å². The Labute approximate surface area is 117 Å². The van der Waals surface area contributed by atoms with E-state index >= 15 is 0 Å². The van der Waals surface area contributed by atoms with Crippen LogP contribution in [0.15, 0.2) is 17.0 Å². The van der Waals surface area contributed by atoms with Gasteiger partial charge in [0.1, 0.15) is 5.69 Å². The van der Waals surface area contributed by atoms with E-state index in [-0.39, 0.29) is 6.04 Å². The third-order valence-corrected chi connectivity index (χ3v) is 4.65. The lowest BCUT2D eigenvalue weighted by Gasteiger charge is -2.24. The van der Waals surface area contributed by atoms with E-state index in [1.54, 1.807) is 12.5 Å². The third-order valence-electron chi connectivity index (χ3n) is 4.65. The van der Waals surface area contributed by atoms with Gasteiger partial charge in [-0.2, -0.15) is 4.98 Å². The highest BCUT2D eigenvalue weighted by Gasteiger charge is 2.38. The molecule has 1 aliphatic heterocycles. The predicted molar refractivity (Wildman–Crippen MR) is 72.7 cm³/mol. The van der Waals surface area contributed by atoms with Gasteiger partial charge in [-0.15, -0.1) is 0 Å². The van der Waals surface area contributed by atoms with Crippen molar-refractivity contribution in [3.05, 3.63) is 18.4 Å². The van der Waals surface area contributed by atoms with Gasteiger partial charge in [-0.25, -0.2) is 4.98 Å². The summed E-state index contributed by atoms with van der Waals surface area (Å²) in [6.07, 6.45) is 9.94. The summed E-state index contributed by atoms with van der Waals surface area (Å²) in [6, 6.07) is 0.860. The Hall–Kier alpha value is -1.69. The van der Waals surface area contributed by atoms with Crippen LogP contribution in [0.4, 0.5) is 0 Å². The van der Waals surface area contributed by atoms with Gasteiger partial charge >= 0.3 is 0 Å². The largest absolute Gasteiger partial charge is 0.337 e. The van der Waals surface area contributed by atoms with E-state index in [9.17, 15) is 0 Å². The molecule has 1 aliphatic carbocycles. The van der Waals surface area contributed by atoms with Crippen LogP contribution >= 0.6 is 0 Å². The van der Waals surface area contributed by atoms with Gasteiger partial charge in [0.15, 0.2) is 0 Å². The minimum absolute atomic E-state index is 0.220. The quantitative estimate of drug-likeness (QED) is 0.907. The fourth-order valence-corrected chi connectivity index (χ4v) is 3.56. The number of aryl methyl sites for hydroxylation is 1. The molecule has 3 atom stereocenters. The van der Waals surface area contributed by atoms with Crippen molar-refractivity contribution < 1.29 is 4.52 Å². The standard InChI is InChI=1S/C14H19N5O/c1-19-8-15-7-12(19)13-17-14(20-18-13)11-6-9-4-2-3-5-10(9)16-11/h7-11,16H,2-6H2,1H3. The summed E-state index contributed by atoms with van der Waals surface area (Å²) in [6.45, 7) is 0. The number of nitrogens with one attached hydrogen (secondary N) is 1. The van der Waals surface area contributed by atoms with Crippen molar-refractivity contribution in [2.75, 3.05) is 0 Å². The first-order valence-electron chi connectivity index (χ1n) is 7.37. The van der Waals surface area contributed by atoms with Crippen molar-refractivity contribution in [1.82, 2.24) is 25.0 Å². The Bertz CT molecular complexity index is 590. The second-order valence-corrected chi connectivity index (χ2v) is 5.95. The molecule has 0 amide bonds. The van der Waals surface area contributed by atoms with Gasteiger partial charge in [-0.1, -0.05) is 18.0 Å². The number of hydrogen-bond acceptors (Lipinski definition) is 5. The fraction of sp³-hybridized carbons (Fsp3) is 0.643. The molecule has 0 spiro atoms. The van der Waals surface area contributed by atoms with Gasteiger partial charge < -0.3 is 14.4 Å². The second kappa shape index (κ2) is 4.70. The molecule has 3 heterocycles. The van der Waals surface area contributed by atoms with E-state index in [4.69, 9.17) is 4.52 Å². The highest BCUT2D eigenvalue weighted by atomic mass is 16.5. The van der Waals surface area contributed by atoms with Crippen LogP contribution in [-0.2, 0) is 7.05 Å². The first kappa shape index (κ1) is 12.1. The smallest absolute Gasteiger partial charge is 0.244 e. The molecular formula is C14H19N5O. The molecule has 1 saturated carbocycles. The van der Waals surface area contributed by atoms with E-state index < -0.39 is 0 Å². The van der Waals surface area contributed by atoms with Crippen LogP contribution in [0.3, 0.4) is 0 Å². The number of nitrogens with zero attached hydrogens (tertiary/aromatic N) is 4. The molecule has 3 unspecified atom stereocenters. The lowest BCUT2D eigenvalue weighted by molar-refractivity contribution is 0.324. The van der Waals surface area contributed by atoms with E-state index in [0.29, 0.717) is 11.9 Å². The maximum atomic E-state index is 5.47. The van der Waals surface area contributed by atoms with Gasteiger partial charge in [0.25, 0.3) is 0 Å². The molecule has 20 heavy (non-hydrogen) atoms. The lowest BCUT2D eigenvalue weighted by Crippen LogP contribution is -2.30. The Kier molecular flexibility index (Phi) is 2.84. The maximum absolute atomic E-state index is 5.47. The second-order valence-electron chi connectivity index (χ2n) is 5.95. The summed E-state index contributed by atoms with van der Waals surface area (Å²) >= 11 is 0. The molecule has 1 N–H and O–H groups in total. The number of rotatable bonds is 2. The van der Waals surface area contributed by atoms with Crippen molar-refractivity contribution in [2.45, 2.75) is 44.2 Å². The average Bonchev–Trinajstić information content (AvgIpc) is 3.15. The van der Waals surface area contributed by atoms with E-state index in [0.717, 1.165) is 23.9 Å². The Morgan fingerprint density at radius 3 is 3.05 bits per heavy atom. The first-order chi connectivity index (χ1) is 9.81. The van der Waals surface area contributed by atoms with Crippen molar-refractivity contribution in [2.24, 2.45) is 13.0 Å². The summed E-state index contributed by atoms with van der Waals surface area (Å²) in [5.41, 5.74) is 0.885. The van der Waals surface area contributed by atoms with Crippen LogP contribution in [0.2, 0.25) is 0 Å². The van der Waals surface area contributed by atoms with Gasteiger partial charge in [0.2, 0.25) is 11.7 Å². The predicted octanol–water partition coefficient (Wildman–Crippen LogP) is 2.06. The monoisotopic (exact) mass is 273 g/mol. The molecular weight excluding hydrogens is 254 g/mol. The van der Waals surface area contributed by atoms with Gasteiger partial charge in [-0.3, -0.25) is 0 Å². The SMILES string of the molecule is Cn1cncc1-c1noc(C2CC3CCCCC3N2)n1. The van der Waals surface area contributed by atoms with Crippen LogP contribution in [-0.4, -0.2) is 25.7 Å². The highest BCUT2D eigenvalue weighted by molar-refractivity contribution is 5.47. The summed E-state index contributed by atoms with van der Waals surface area (Å²) in [5.74, 6) is 2.12. The van der Waals surface area contributed by atoms with Gasteiger partial charge in [-0.05, 0) is 25.2 Å². The van der Waals surface area contributed by atoms with E-state index in [1.165, 1.54) is 25.7 Å². The molecule has 0 bridgehead atoms. The summed E-state index contributed by atoms with van der Waals surface area (Å²) in [7, 11) is 1.93. The molecule has 2 aromatic rings. The molecule has 2 fully saturated rings. The third kappa shape index (κ3) is 1.95. The zero-order valence-electron chi connectivity index (χ0n) is 11.6. The minimum atomic E-state index is 0.220. The minimum Gasteiger partial charge on any atom is -0.337 e. The molecule has 2 aromatic heterocycles. The van der Waals surface area contributed by atoms with Crippen molar-refractivity contribution in [3.63, 3.8) is 0 Å². The lowest BCUT2D eigenvalue weighted by atomic mass is 9.85. The van der Waals surface area contributed by atoms with Crippen LogP contribution in [0.1, 0.15) is 44.0 Å². The molecule has 0 radical (unpaired) electrons. The van der Waals surface area contributed by atoms with Crippen molar-refractivity contribution in [3.8, 4) is 11.5 Å². The number of aromatic nitrogens is 4. The summed E-state index contributed by atoms with van der Waals surface area (Å²) in [5, 5.41) is 7.76. The topological polar surface area (TPSA) is 68.8 Å². The maximum Gasteiger partial charge on any atom is 0.244 e. The summed E-state index contributed by atoms with van der Waals surface area (Å²) < 4.78 is 7.37. The van der Waals surface area contributed by atoms with Gasteiger partial charge in [0, 0.05) is 13.1 Å². The zero-order chi connectivity index (χ0) is 13.5. The Morgan fingerprint density at radius 2 is 2.25 bits per heavy atom. The molecule has 6 heteroatoms. The van der Waals surface area contributed by atoms with Gasteiger partial charge in [0.05, 0.1) is 18.6 Å². The molecule has 2 aliphatic rings. The molecule has 4 rings (SSSR count). The van der Waals surface area contributed by atoms with Crippen LogP contribution in [0, 0.1) is 5.92 Å². The Morgan fingerprint density at radius 1 is 1.35 bits per heavy atom. The van der Waals surface area contributed by atoms with Crippen molar-refractivity contribution >= 4 is 0 Å². The zero-order valence-corrected chi connectivity index (χ0v) is 11.6. The molecule has 0 aromatic carbocycles. The fourth-order valence-electron chi connectivity index (χ4n) is 3.56. The molecule has 1 saturated heterocycles. The molecule has 6 nitrogen and oxygen atoms in total. The van der Waals surface area contributed by atoms with Crippen LogP contribution in [0.25, 0.3) is 11.5 Å². The number of imidazole rings is 1. The molecule has 106 valence electrons. The van der Waals surface area contributed by atoms with Crippen LogP contribution < -0.4 is 5.32 Å². The normalized spacial score (nSPS) is 29.6.